The second-order valence-electron chi connectivity index (χ2n) is 4.31. The van der Waals surface area contributed by atoms with Crippen LogP contribution in [0.4, 0.5) is 0 Å². The Hall–Kier alpha value is -1.65. The standard InChI is InChI=1S/C15H13BrN2O/c1-19-14(10-5-3-2-4-6-10)15-17-12-8-7-11(16)9-13(12)18-15/h2-9,14H,1H3,(H,17,18). The Labute approximate surface area is 119 Å². The van der Waals surface area contributed by atoms with Gasteiger partial charge in [-0.2, -0.15) is 0 Å². The molecule has 3 aromatic rings. The fourth-order valence-corrected chi connectivity index (χ4v) is 2.52. The minimum absolute atomic E-state index is 0.174. The summed E-state index contributed by atoms with van der Waals surface area (Å²) in [6.45, 7) is 0. The van der Waals surface area contributed by atoms with Crippen molar-refractivity contribution in [3.63, 3.8) is 0 Å². The Kier molecular flexibility index (Phi) is 3.36. The van der Waals surface area contributed by atoms with Gasteiger partial charge in [-0.3, -0.25) is 0 Å². The third-order valence-corrected chi connectivity index (χ3v) is 3.54. The fourth-order valence-electron chi connectivity index (χ4n) is 2.16. The number of hydrogen-bond acceptors (Lipinski definition) is 2. The van der Waals surface area contributed by atoms with Gasteiger partial charge in [-0.05, 0) is 23.8 Å². The molecular weight excluding hydrogens is 304 g/mol. The van der Waals surface area contributed by atoms with Crippen LogP contribution in [0.5, 0.6) is 0 Å². The quantitative estimate of drug-likeness (QED) is 0.791. The summed E-state index contributed by atoms with van der Waals surface area (Å²) in [7, 11) is 1.70. The van der Waals surface area contributed by atoms with Gasteiger partial charge in [0.05, 0.1) is 11.0 Å². The van der Waals surface area contributed by atoms with Crippen molar-refractivity contribution in [1.29, 1.82) is 0 Å². The van der Waals surface area contributed by atoms with Crippen LogP contribution >= 0.6 is 15.9 Å². The van der Waals surface area contributed by atoms with E-state index < -0.39 is 0 Å². The molecule has 2 aromatic carbocycles. The van der Waals surface area contributed by atoms with Crippen molar-refractivity contribution < 1.29 is 4.74 Å². The highest BCUT2D eigenvalue weighted by Crippen LogP contribution is 2.26. The predicted octanol–water partition coefficient (Wildman–Crippen LogP) is 4.06. The van der Waals surface area contributed by atoms with Crippen molar-refractivity contribution in [2.75, 3.05) is 7.11 Å². The summed E-state index contributed by atoms with van der Waals surface area (Å²) in [5, 5.41) is 0. The van der Waals surface area contributed by atoms with E-state index >= 15 is 0 Å². The molecule has 0 aliphatic heterocycles. The van der Waals surface area contributed by atoms with Crippen molar-refractivity contribution in [3.8, 4) is 0 Å². The molecule has 3 nitrogen and oxygen atoms in total. The average molecular weight is 317 g/mol. The molecule has 96 valence electrons. The molecule has 4 heteroatoms. The zero-order valence-electron chi connectivity index (χ0n) is 10.4. The summed E-state index contributed by atoms with van der Waals surface area (Å²) >= 11 is 3.46. The van der Waals surface area contributed by atoms with E-state index in [-0.39, 0.29) is 6.10 Å². The number of rotatable bonds is 3. The van der Waals surface area contributed by atoms with Gasteiger partial charge >= 0.3 is 0 Å². The number of aromatic amines is 1. The van der Waals surface area contributed by atoms with Crippen molar-refractivity contribution in [1.82, 2.24) is 9.97 Å². The van der Waals surface area contributed by atoms with Crippen LogP contribution < -0.4 is 0 Å². The summed E-state index contributed by atoms with van der Waals surface area (Å²) in [4.78, 5) is 7.92. The van der Waals surface area contributed by atoms with E-state index in [2.05, 4.69) is 25.9 Å². The SMILES string of the molecule is COC(c1ccccc1)c1nc2ccc(Br)cc2[nH]1. The van der Waals surface area contributed by atoms with E-state index in [1.807, 2.05) is 48.5 Å². The Balaban J connectivity index is 2.07. The van der Waals surface area contributed by atoms with Crippen LogP contribution in [0, 0.1) is 0 Å². The molecule has 0 radical (unpaired) electrons. The molecule has 1 aromatic heterocycles. The highest BCUT2D eigenvalue weighted by atomic mass is 79.9. The van der Waals surface area contributed by atoms with Gasteiger partial charge in [0.2, 0.25) is 0 Å². The van der Waals surface area contributed by atoms with Gasteiger partial charge in [-0.1, -0.05) is 46.3 Å². The van der Waals surface area contributed by atoms with Gasteiger partial charge in [0.25, 0.3) is 0 Å². The van der Waals surface area contributed by atoms with E-state index in [4.69, 9.17) is 4.74 Å². The average Bonchev–Trinajstić information content (AvgIpc) is 2.83. The van der Waals surface area contributed by atoms with Gasteiger partial charge in [0.15, 0.2) is 0 Å². The largest absolute Gasteiger partial charge is 0.369 e. The Morgan fingerprint density at radius 1 is 1.16 bits per heavy atom. The first-order valence-electron chi connectivity index (χ1n) is 6.01. The van der Waals surface area contributed by atoms with Gasteiger partial charge < -0.3 is 9.72 Å². The second-order valence-corrected chi connectivity index (χ2v) is 5.23. The molecule has 0 saturated heterocycles. The lowest BCUT2D eigenvalue weighted by Gasteiger charge is -2.12. The maximum Gasteiger partial charge on any atom is 0.141 e. The predicted molar refractivity (Wildman–Crippen MR) is 79.1 cm³/mol. The first-order valence-corrected chi connectivity index (χ1v) is 6.80. The van der Waals surface area contributed by atoms with Crippen LogP contribution in [-0.2, 0) is 4.74 Å². The number of imidazole rings is 1. The summed E-state index contributed by atoms with van der Waals surface area (Å²) in [5.74, 6) is 0.821. The molecule has 0 amide bonds. The molecule has 0 spiro atoms. The molecule has 3 rings (SSSR count). The molecule has 0 aliphatic carbocycles. The van der Waals surface area contributed by atoms with E-state index in [0.29, 0.717) is 0 Å². The minimum atomic E-state index is -0.174. The van der Waals surface area contributed by atoms with E-state index in [1.165, 1.54) is 0 Å². The Bertz CT molecular complexity index is 694. The number of methoxy groups -OCH3 is 1. The molecule has 1 atom stereocenters. The zero-order chi connectivity index (χ0) is 13.2. The van der Waals surface area contributed by atoms with Crippen molar-refractivity contribution >= 4 is 27.0 Å². The van der Waals surface area contributed by atoms with Crippen LogP contribution in [0.15, 0.2) is 53.0 Å². The fraction of sp³-hybridized carbons (Fsp3) is 0.133. The number of H-pyrrole nitrogens is 1. The van der Waals surface area contributed by atoms with E-state index in [1.54, 1.807) is 7.11 Å². The van der Waals surface area contributed by atoms with E-state index in [0.717, 1.165) is 26.9 Å². The lowest BCUT2D eigenvalue weighted by molar-refractivity contribution is 0.130. The number of ether oxygens (including phenoxy) is 1. The Morgan fingerprint density at radius 3 is 2.68 bits per heavy atom. The lowest BCUT2D eigenvalue weighted by atomic mass is 10.1. The summed E-state index contributed by atoms with van der Waals surface area (Å²) in [6.07, 6.45) is -0.174. The maximum atomic E-state index is 5.58. The van der Waals surface area contributed by atoms with Gasteiger partial charge in [-0.25, -0.2) is 4.98 Å². The number of nitrogens with zero attached hydrogens (tertiary/aromatic N) is 1. The molecule has 0 aliphatic rings. The summed E-state index contributed by atoms with van der Waals surface area (Å²) in [6, 6.07) is 16.1. The normalized spacial score (nSPS) is 12.7. The molecular formula is C15H13BrN2O. The smallest absolute Gasteiger partial charge is 0.141 e. The maximum absolute atomic E-state index is 5.58. The number of hydrogen-bond donors (Lipinski definition) is 1. The number of nitrogens with one attached hydrogen (secondary N) is 1. The van der Waals surface area contributed by atoms with Crippen LogP contribution in [0.1, 0.15) is 17.5 Å². The number of aromatic nitrogens is 2. The minimum Gasteiger partial charge on any atom is -0.369 e. The highest BCUT2D eigenvalue weighted by molar-refractivity contribution is 9.10. The molecule has 0 fully saturated rings. The van der Waals surface area contributed by atoms with E-state index in [9.17, 15) is 0 Å². The first kappa shape index (κ1) is 12.4. The van der Waals surface area contributed by atoms with Crippen LogP contribution in [0.2, 0.25) is 0 Å². The molecule has 0 saturated carbocycles. The summed E-state index contributed by atoms with van der Waals surface area (Å²) < 4.78 is 6.61. The third-order valence-electron chi connectivity index (χ3n) is 3.05. The van der Waals surface area contributed by atoms with Crippen molar-refractivity contribution in [3.05, 3.63) is 64.4 Å². The number of halogens is 1. The molecule has 1 unspecified atom stereocenters. The third kappa shape index (κ3) is 2.41. The molecule has 1 N–H and O–H groups in total. The highest BCUT2D eigenvalue weighted by Gasteiger charge is 2.17. The molecule has 1 heterocycles. The van der Waals surface area contributed by atoms with Crippen molar-refractivity contribution in [2.45, 2.75) is 6.10 Å². The zero-order valence-corrected chi connectivity index (χ0v) is 12.0. The molecule has 19 heavy (non-hydrogen) atoms. The molecule has 0 bridgehead atoms. The van der Waals surface area contributed by atoms with Crippen LogP contribution in [0.25, 0.3) is 11.0 Å². The van der Waals surface area contributed by atoms with Crippen LogP contribution in [0.3, 0.4) is 0 Å². The topological polar surface area (TPSA) is 37.9 Å². The lowest BCUT2D eigenvalue weighted by Crippen LogP contribution is -2.05. The van der Waals surface area contributed by atoms with Gasteiger partial charge in [-0.15, -0.1) is 0 Å². The van der Waals surface area contributed by atoms with Gasteiger partial charge in [0.1, 0.15) is 11.9 Å². The second kappa shape index (κ2) is 5.15. The van der Waals surface area contributed by atoms with Crippen LogP contribution in [-0.4, -0.2) is 17.1 Å². The van der Waals surface area contributed by atoms with Crippen molar-refractivity contribution in [2.24, 2.45) is 0 Å². The Morgan fingerprint density at radius 2 is 1.95 bits per heavy atom. The number of fused-ring (bicyclic) bond motifs is 1. The van der Waals surface area contributed by atoms with Gasteiger partial charge in [0, 0.05) is 11.6 Å². The summed E-state index contributed by atoms with van der Waals surface area (Å²) in [5.41, 5.74) is 3.03. The first-order chi connectivity index (χ1) is 9.28. The monoisotopic (exact) mass is 316 g/mol. The number of benzene rings is 2.